The number of rotatable bonds is 9. The highest BCUT2D eigenvalue weighted by Crippen LogP contribution is 2.47. The second-order valence-electron chi connectivity index (χ2n) is 19.2. The van der Waals surface area contributed by atoms with Gasteiger partial charge in [-0.1, -0.05) is 231 Å². The van der Waals surface area contributed by atoms with Crippen LogP contribution in [0.15, 0.2) is 291 Å². The number of nitrogens with zero attached hydrogens (tertiary/aromatic N) is 2. The number of hydrogen-bond acceptors (Lipinski definition) is 1. The Labute approximate surface area is 430 Å². The van der Waals surface area contributed by atoms with Crippen molar-refractivity contribution in [3.8, 4) is 61.3 Å². The lowest BCUT2D eigenvalue weighted by molar-refractivity contribution is 1.18. The van der Waals surface area contributed by atoms with Crippen molar-refractivity contribution in [3.63, 3.8) is 0 Å². The van der Waals surface area contributed by atoms with E-state index in [2.05, 4.69) is 301 Å². The van der Waals surface area contributed by atoms with Crippen LogP contribution in [-0.2, 0) is 0 Å². The van der Waals surface area contributed by atoms with Gasteiger partial charge in [0.15, 0.2) is 0 Å². The van der Waals surface area contributed by atoms with Crippen molar-refractivity contribution >= 4 is 71.2 Å². The Bertz CT molecular complexity index is 4380. The Hall–Kier alpha value is -9.76. The maximum Gasteiger partial charge on any atom is 0.0619 e. The first kappa shape index (κ1) is 43.1. The molecule has 0 aliphatic heterocycles. The highest BCUT2D eigenvalue weighted by atomic mass is 15.1. The van der Waals surface area contributed by atoms with E-state index in [0.29, 0.717) is 0 Å². The standard InChI is InChI=1S/C72H48N2/c1-4-20-52(21-5-1)70-66-32-13-12-30-63(66)64-46-41-54(48-68(64)71(70)53-22-6-2-7-23-53)49-37-42-57(43-38-49)73(59-28-16-25-55(47-59)61-33-17-24-50-19-10-11-29-60(50)61)58-44-39-51(40-45-58)62-34-18-35-67-65-31-14-15-36-69(65)74(72(62)67)56-26-8-3-9-27-56/h1-48H. The first-order chi connectivity index (χ1) is 36.7. The summed E-state index contributed by atoms with van der Waals surface area (Å²) < 4.78 is 2.42. The average molecular weight is 941 g/mol. The van der Waals surface area contributed by atoms with E-state index in [-0.39, 0.29) is 0 Å². The molecule has 0 amide bonds. The molecule has 14 rings (SSSR count). The van der Waals surface area contributed by atoms with E-state index in [0.717, 1.165) is 33.9 Å². The Kier molecular flexibility index (Phi) is 10.6. The molecule has 74 heavy (non-hydrogen) atoms. The van der Waals surface area contributed by atoms with E-state index in [1.807, 2.05) is 0 Å². The molecule has 2 nitrogen and oxygen atoms in total. The fourth-order valence-corrected chi connectivity index (χ4v) is 11.6. The fraction of sp³-hybridized carbons (Fsp3) is 0. The molecular formula is C72H48N2. The molecule has 0 aliphatic rings. The minimum absolute atomic E-state index is 1.07. The number of fused-ring (bicyclic) bond motifs is 7. The third-order valence-electron chi connectivity index (χ3n) is 15.0. The second-order valence-corrected chi connectivity index (χ2v) is 19.2. The number of para-hydroxylation sites is 3. The number of benzene rings is 13. The number of aromatic nitrogens is 1. The molecule has 0 unspecified atom stereocenters. The Morgan fingerprint density at radius 2 is 0.743 bits per heavy atom. The predicted molar refractivity (Wildman–Crippen MR) is 315 cm³/mol. The zero-order chi connectivity index (χ0) is 49.0. The maximum atomic E-state index is 2.42. The van der Waals surface area contributed by atoms with Gasteiger partial charge in [0.25, 0.3) is 0 Å². The van der Waals surface area contributed by atoms with Crippen LogP contribution in [0.25, 0.3) is 115 Å². The molecule has 0 bridgehead atoms. The van der Waals surface area contributed by atoms with E-state index >= 15 is 0 Å². The maximum absolute atomic E-state index is 2.42. The molecule has 1 aromatic heterocycles. The van der Waals surface area contributed by atoms with Crippen LogP contribution < -0.4 is 4.90 Å². The Morgan fingerprint density at radius 3 is 1.47 bits per heavy atom. The largest absolute Gasteiger partial charge is 0.310 e. The van der Waals surface area contributed by atoms with Crippen LogP contribution in [0, 0.1) is 0 Å². The molecule has 14 aromatic rings. The predicted octanol–water partition coefficient (Wildman–Crippen LogP) is 20.0. The third kappa shape index (κ3) is 7.35. The van der Waals surface area contributed by atoms with Gasteiger partial charge in [-0.25, -0.2) is 0 Å². The van der Waals surface area contributed by atoms with Crippen molar-refractivity contribution in [2.45, 2.75) is 0 Å². The van der Waals surface area contributed by atoms with Crippen LogP contribution in [0.5, 0.6) is 0 Å². The molecule has 13 aromatic carbocycles. The highest BCUT2D eigenvalue weighted by molar-refractivity contribution is 6.22. The van der Waals surface area contributed by atoms with Crippen LogP contribution in [-0.4, -0.2) is 4.57 Å². The normalized spacial score (nSPS) is 11.5. The summed E-state index contributed by atoms with van der Waals surface area (Å²) in [5.41, 5.74) is 18.8. The van der Waals surface area contributed by atoms with E-state index < -0.39 is 0 Å². The van der Waals surface area contributed by atoms with Crippen LogP contribution in [0.1, 0.15) is 0 Å². The summed E-state index contributed by atoms with van der Waals surface area (Å²) in [4.78, 5) is 2.40. The van der Waals surface area contributed by atoms with E-state index in [4.69, 9.17) is 0 Å². The van der Waals surface area contributed by atoms with Crippen LogP contribution in [0.2, 0.25) is 0 Å². The first-order valence-electron chi connectivity index (χ1n) is 25.5. The van der Waals surface area contributed by atoms with Crippen LogP contribution in [0.3, 0.4) is 0 Å². The van der Waals surface area contributed by atoms with Crippen molar-refractivity contribution in [2.24, 2.45) is 0 Å². The smallest absolute Gasteiger partial charge is 0.0619 e. The molecule has 0 N–H and O–H groups in total. The molecule has 0 saturated carbocycles. The Morgan fingerprint density at radius 1 is 0.243 bits per heavy atom. The van der Waals surface area contributed by atoms with Crippen molar-refractivity contribution < 1.29 is 0 Å². The third-order valence-corrected chi connectivity index (χ3v) is 15.0. The van der Waals surface area contributed by atoms with E-state index in [1.54, 1.807) is 0 Å². The molecular weight excluding hydrogens is 893 g/mol. The monoisotopic (exact) mass is 940 g/mol. The van der Waals surface area contributed by atoms with Gasteiger partial charge in [-0.2, -0.15) is 0 Å². The second kappa shape index (κ2) is 18.1. The zero-order valence-electron chi connectivity index (χ0n) is 40.6. The molecule has 2 heteroatoms. The molecule has 0 aliphatic carbocycles. The summed E-state index contributed by atoms with van der Waals surface area (Å²) >= 11 is 0. The van der Waals surface area contributed by atoms with Gasteiger partial charge in [-0.05, 0) is 143 Å². The minimum Gasteiger partial charge on any atom is -0.310 e. The van der Waals surface area contributed by atoms with Crippen LogP contribution in [0.4, 0.5) is 17.1 Å². The molecule has 346 valence electrons. The van der Waals surface area contributed by atoms with Gasteiger partial charge in [-0.3, -0.25) is 0 Å². The van der Waals surface area contributed by atoms with Crippen LogP contribution >= 0.6 is 0 Å². The van der Waals surface area contributed by atoms with Gasteiger partial charge in [0.1, 0.15) is 0 Å². The van der Waals surface area contributed by atoms with Gasteiger partial charge in [0.05, 0.1) is 11.0 Å². The minimum atomic E-state index is 1.07. The summed E-state index contributed by atoms with van der Waals surface area (Å²) in [7, 11) is 0. The fourth-order valence-electron chi connectivity index (χ4n) is 11.6. The summed E-state index contributed by atoms with van der Waals surface area (Å²) in [6.07, 6.45) is 0. The van der Waals surface area contributed by atoms with Gasteiger partial charge >= 0.3 is 0 Å². The van der Waals surface area contributed by atoms with E-state index in [9.17, 15) is 0 Å². The molecule has 0 atom stereocenters. The van der Waals surface area contributed by atoms with Crippen molar-refractivity contribution in [2.75, 3.05) is 4.90 Å². The summed E-state index contributed by atoms with van der Waals surface area (Å²) in [5, 5.41) is 9.96. The van der Waals surface area contributed by atoms with Gasteiger partial charge in [0.2, 0.25) is 0 Å². The Balaban J connectivity index is 0.912. The molecule has 0 radical (unpaired) electrons. The van der Waals surface area contributed by atoms with Crippen molar-refractivity contribution in [1.29, 1.82) is 0 Å². The van der Waals surface area contributed by atoms with Crippen molar-refractivity contribution in [3.05, 3.63) is 291 Å². The SMILES string of the molecule is c1ccc(-c2c(-c3ccccc3)c3cc(-c4ccc(N(c5ccc(-c6cccc7c8ccccc8n(-c8ccccc8)c67)cc5)c5cccc(-c6cccc7ccccc67)c5)cc4)ccc3c3ccccc23)cc1. The highest BCUT2D eigenvalue weighted by Gasteiger charge is 2.21. The lowest BCUT2D eigenvalue weighted by atomic mass is 9.84. The van der Waals surface area contributed by atoms with E-state index in [1.165, 1.54) is 98.6 Å². The molecule has 1 heterocycles. The summed E-state index contributed by atoms with van der Waals surface area (Å²) in [6.45, 7) is 0. The summed E-state index contributed by atoms with van der Waals surface area (Å²) in [6, 6.07) is 106. The van der Waals surface area contributed by atoms with Gasteiger partial charge in [0, 0.05) is 39.1 Å². The number of hydrogen-bond donors (Lipinski definition) is 0. The molecule has 0 saturated heterocycles. The molecule has 0 spiro atoms. The number of anilines is 3. The lowest BCUT2D eigenvalue weighted by Gasteiger charge is -2.27. The van der Waals surface area contributed by atoms with Crippen molar-refractivity contribution in [1.82, 2.24) is 4.57 Å². The zero-order valence-corrected chi connectivity index (χ0v) is 40.6. The average Bonchev–Trinajstić information content (AvgIpc) is 3.83. The topological polar surface area (TPSA) is 8.17 Å². The van der Waals surface area contributed by atoms with Gasteiger partial charge < -0.3 is 9.47 Å². The molecule has 0 fully saturated rings. The first-order valence-corrected chi connectivity index (χ1v) is 25.5. The quantitative estimate of drug-likeness (QED) is 0.131. The van der Waals surface area contributed by atoms with Gasteiger partial charge in [-0.15, -0.1) is 0 Å². The summed E-state index contributed by atoms with van der Waals surface area (Å²) in [5.74, 6) is 0. The lowest BCUT2D eigenvalue weighted by Crippen LogP contribution is -2.10.